The van der Waals surface area contributed by atoms with Gasteiger partial charge in [0.15, 0.2) is 0 Å². The van der Waals surface area contributed by atoms with Crippen LogP contribution in [0.15, 0.2) is 30.3 Å². The fourth-order valence-corrected chi connectivity index (χ4v) is 2.66. The van der Waals surface area contributed by atoms with Crippen molar-refractivity contribution in [1.82, 2.24) is 4.98 Å². The number of ether oxygens (including phenoxy) is 1. The van der Waals surface area contributed by atoms with Gasteiger partial charge in [0, 0.05) is 9.26 Å². The molecule has 0 unspecified atom stereocenters. The second-order valence-electron chi connectivity index (χ2n) is 4.66. The van der Waals surface area contributed by atoms with E-state index in [1.54, 1.807) is 6.07 Å². The van der Waals surface area contributed by atoms with E-state index in [9.17, 15) is 9.90 Å². The summed E-state index contributed by atoms with van der Waals surface area (Å²) in [6.07, 6.45) is 2.80. The maximum absolute atomic E-state index is 11.3. The van der Waals surface area contributed by atoms with Crippen LogP contribution < -0.4 is 4.74 Å². The third-order valence-electron chi connectivity index (χ3n) is 3.27. The number of aromatic carboxylic acids is 1. The lowest BCUT2D eigenvalue weighted by Crippen LogP contribution is -2.05. The highest BCUT2D eigenvalue weighted by Gasteiger charge is 2.21. The number of aromatic nitrogens is 1. The first kappa shape index (κ1) is 13.4. The summed E-state index contributed by atoms with van der Waals surface area (Å²) in [5.41, 5.74) is 2.11. The van der Waals surface area contributed by atoms with Gasteiger partial charge in [-0.25, -0.2) is 9.78 Å². The number of carboxylic acid groups (broad SMARTS) is 1. The zero-order chi connectivity index (χ0) is 14.1. The number of hydrogen-bond donors (Lipinski definition) is 1. The summed E-state index contributed by atoms with van der Waals surface area (Å²) in [6.45, 7) is 0. The molecule has 5 heteroatoms. The maximum Gasteiger partial charge on any atom is 0.341 e. The van der Waals surface area contributed by atoms with Gasteiger partial charge >= 0.3 is 5.97 Å². The van der Waals surface area contributed by atoms with E-state index in [-0.39, 0.29) is 11.4 Å². The molecular formula is C15H12INO3. The minimum absolute atomic E-state index is 0.129. The van der Waals surface area contributed by atoms with E-state index in [1.165, 1.54) is 0 Å². The zero-order valence-electron chi connectivity index (χ0n) is 10.6. The molecule has 0 radical (unpaired) electrons. The van der Waals surface area contributed by atoms with Crippen LogP contribution in [-0.2, 0) is 12.8 Å². The average Bonchev–Trinajstić information content (AvgIpc) is 2.87. The molecule has 0 fully saturated rings. The number of fused-ring (bicyclic) bond motifs is 1. The van der Waals surface area contributed by atoms with Crippen LogP contribution in [0.4, 0.5) is 0 Å². The Hall–Kier alpha value is -1.63. The van der Waals surface area contributed by atoms with E-state index in [4.69, 9.17) is 4.74 Å². The molecule has 0 amide bonds. The molecule has 0 atom stereocenters. The predicted molar refractivity (Wildman–Crippen MR) is 82.5 cm³/mol. The number of hydrogen-bond acceptors (Lipinski definition) is 3. The Kier molecular flexibility index (Phi) is 3.60. The second-order valence-corrected chi connectivity index (χ2v) is 5.91. The summed E-state index contributed by atoms with van der Waals surface area (Å²) in [7, 11) is 0. The quantitative estimate of drug-likeness (QED) is 0.825. The molecule has 1 aromatic heterocycles. The van der Waals surface area contributed by atoms with Crippen molar-refractivity contribution in [3.63, 3.8) is 0 Å². The van der Waals surface area contributed by atoms with Crippen LogP contribution in [0.1, 0.15) is 28.0 Å². The topological polar surface area (TPSA) is 59.4 Å². The molecule has 1 aliphatic rings. The molecule has 0 saturated carbocycles. The number of rotatable bonds is 3. The third-order valence-corrected chi connectivity index (χ3v) is 3.99. The Labute approximate surface area is 129 Å². The summed E-state index contributed by atoms with van der Waals surface area (Å²) in [6, 6.07) is 9.12. The van der Waals surface area contributed by atoms with Gasteiger partial charge in [0.05, 0.1) is 0 Å². The van der Waals surface area contributed by atoms with Gasteiger partial charge in [0.2, 0.25) is 5.88 Å². The highest BCUT2D eigenvalue weighted by molar-refractivity contribution is 14.1. The van der Waals surface area contributed by atoms with Crippen LogP contribution in [0.2, 0.25) is 0 Å². The van der Waals surface area contributed by atoms with Gasteiger partial charge in [-0.05, 0) is 77.7 Å². The van der Waals surface area contributed by atoms with Gasteiger partial charge < -0.3 is 9.84 Å². The number of nitrogens with zero attached hydrogens (tertiary/aromatic N) is 1. The summed E-state index contributed by atoms with van der Waals surface area (Å²) in [5, 5.41) is 9.30. The van der Waals surface area contributed by atoms with E-state index in [2.05, 4.69) is 27.6 Å². The van der Waals surface area contributed by atoms with Crippen molar-refractivity contribution in [3.8, 4) is 11.6 Å². The van der Waals surface area contributed by atoms with Crippen LogP contribution in [0.25, 0.3) is 0 Å². The van der Waals surface area contributed by atoms with E-state index in [0.29, 0.717) is 5.75 Å². The van der Waals surface area contributed by atoms with Gasteiger partial charge in [-0.15, -0.1) is 0 Å². The first-order valence-corrected chi connectivity index (χ1v) is 7.41. The van der Waals surface area contributed by atoms with E-state index in [1.807, 2.05) is 24.3 Å². The summed E-state index contributed by atoms with van der Waals surface area (Å²) in [4.78, 5) is 15.7. The fraction of sp³-hybridized carbons (Fsp3) is 0.200. The lowest BCUT2D eigenvalue weighted by Gasteiger charge is -2.10. The molecule has 0 bridgehead atoms. The van der Waals surface area contributed by atoms with Crippen molar-refractivity contribution in [2.45, 2.75) is 19.3 Å². The lowest BCUT2D eigenvalue weighted by molar-refractivity contribution is 0.0693. The molecule has 3 rings (SSSR count). The number of carboxylic acids is 1. The van der Waals surface area contributed by atoms with Crippen molar-refractivity contribution in [3.05, 3.63) is 50.7 Å². The van der Waals surface area contributed by atoms with E-state index in [0.717, 1.165) is 34.1 Å². The number of pyridine rings is 1. The smallest absolute Gasteiger partial charge is 0.341 e. The van der Waals surface area contributed by atoms with Crippen LogP contribution in [0.5, 0.6) is 11.6 Å². The second kappa shape index (κ2) is 5.40. The molecule has 102 valence electrons. The molecule has 0 spiro atoms. The Balaban J connectivity index is 1.99. The van der Waals surface area contributed by atoms with Gasteiger partial charge in [-0.1, -0.05) is 0 Å². The molecule has 1 heterocycles. The minimum atomic E-state index is -1.01. The summed E-state index contributed by atoms with van der Waals surface area (Å²) < 4.78 is 6.75. The summed E-state index contributed by atoms with van der Waals surface area (Å²) >= 11 is 2.20. The number of halogens is 1. The molecular weight excluding hydrogens is 369 g/mol. The van der Waals surface area contributed by atoms with Crippen LogP contribution in [-0.4, -0.2) is 16.1 Å². The van der Waals surface area contributed by atoms with Crippen LogP contribution in [0, 0.1) is 3.57 Å². The first-order chi connectivity index (χ1) is 9.63. The van der Waals surface area contributed by atoms with E-state index >= 15 is 0 Å². The fourth-order valence-electron chi connectivity index (χ4n) is 2.30. The normalized spacial score (nSPS) is 13.1. The first-order valence-electron chi connectivity index (χ1n) is 6.33. The molecule has 2 aromatic rings. The van der Waals surface area contributed by atoms with E-state index < -0.39 is 5.97 Å². The predicted octanol–water partition coefficient (Wildman–Crippen LogP) is 3.67. The highest BCUT2D eigenvalue weighted by Crippen LogP contribution is 2.29. The van der Waals surface area contributed by atoms with Crippen molar-refractivity contribution < 1.29 is 14.6 Å². The molecule has 1 aliphatic carbocycles. The summed E-state index contributed by atoms with van der Waals surface area (Å²) in [5.74, 6) is -0.231. The van der Waals surface area contributed by atoms with Gasteiger partial charge in [-0.2, -0.15) is 0 Å². The molecule has 1 N–H and O–H groups in total. The zero-order valence-corrected chi connectivity index (χ0v) is 12.8. The molecule has 0 saturated heterocycles. The Bertz CT molecular complexity index is 668. The van der Waals surface area contributed by atoms with Crippen LogP contribution in [0.3, 0.4) is 0 Å². The van der Waals surface area contributed by atoms with Crippen molar-refractivity contribution in [2.75, 3.05) is 0 Å². The Morgan fingerprint density at radius 2 is 2.00 bits per heavy atom. The number of benzene rings is 1. The molecule has 1 aromatic carbocycles. The number of carbonyl (C=O) groups is 1. The molecule has 0 aliphatic heterocycles. The standard InChI is InChI=1S/C15H12INO3/c16-10-4-6-11(7-5-10)20-14-12(15(18)19)8-9-2-1-3-13(9)17-14/h4-8H,1-3H2,(H,18,19). The Morgan fingerprint density at radius 1 is 1.25 bits per heavy atom. The largest absolute Gasteiger partial charge is 0.477 e. The van der Waals surface area contributed by atoms with Crippen molar-refractivity contribution in [2.24, 2.45) is 0 Å². The average molecular weight is 381 g/mol. The SMILES string of the molecule is O=C(O)c1cc2c(nc1Oc1ccc(I)cc1)CCC2. The van der Waals surface area contributed by atoms with Crippen LogP contribution >= 0.6 is 22.6 Å². The Morgan fingerprint density at radius 3 is 2.70 bits per heavy atom. The van der Waals surface area contributed by atoms with Crippen molar-refractivity contribution in [1.29, 1.82) is 0 Å². The highest BCUT2D eigenvalue weighted by atomic mass is 127. The van der Waals surface area contributed by atoms with Gasteiger partial charge in [0.25, 0.3) is 0 Å². The molecule has 20 heavy (non-hydrogen) atoms. The lowest BCUT2D eigenvalue weighted by atomic mass is 10.1. The van der Waals surface area contributed by atoms with Gasteiger partial charge in [0.1, 0.15) is 11.3 Å². The maximum atomic E-state index is 11.3. The monoisotopic (exact) mass is 381 g/mol. The minimum Gasteiger partial charge on any atom is -0.477 e. The van der Waals surface area contributed by atoms with Gasteiger partial charge in [-0.3, -0.25) is 0 Å². The number of aryl methyl sites for hydroxylation is 2. The molecule has 4 nitrogen and oxygen atoms in total. The third kappa shape index (κ3) is 2.63. The van der Waals surface area contributed by atoms with Crippen molar-refractivity contribution >= 4 is 28.6 Å².